The molecule has 2 heterocycles. The quantitative estimate of drug-likeness (QED) is 0.675. The van der Waals surface area contributed by atoms with Crippen molar-refractivity contribution in [1.82, 2.24) is 31.3 Å². The van der Waals surface area contributed by atoms with Crippen LogP contribution >= 0.6 is 0 Å². The maximum absolute atomic E-state index is 12.9. The van der Waals surface area contributed by atoms with Gasteiger partial charge in [0.2, 0.25) is 11.8 Å². The number of nitrogens with zero attached hydrogens (tertiary/aromatic N) is 3. The van der Waals surface area contributed by atoms with Crippen LogP contribution in [0.2, 0.25) is 0 Å². The number of aromatic amines is 1. The van der Waals surface area contributed by atoms with Crippen LogP contribution in [0.3, 0.4) is 0 Å². The highest BCUT2D eigenvalue weighted by molar-refractivity contribution is 5.98. The minimum Gasteiger partial charge on any atom is -0.341 e. The Morgan fingerprint density at radius 1 is 1.33 bits per heavy atom. The number of tetrazole rings is 1. The van der Waals surface area contributed by atoms with Crippen LogP contribution in [-0.4, -0.2) is 38.0 Å². The van der Waals surface area contributed by atoms with Gasteiger partial charge >= 0.3 is 0 Å². The van der Waals surface area contributed by atoms with Crippen LogP contribution in [0.1, 0.15) is 37.9 Å². The van der Waals surface area contributed by atoms with E-state index in [9.17, 15) is 9.59 Å². The lowest BCUT2D eigenvalue weighted by atomic mass is 9.78. The van der Waals surface area contributed by atoms with Crippen molar-refractivity contribution in [3.63, 3.8) is 0 Å². The molecule has 8 nitrogen and oxygen atoms in total. The summed E-state index contributed by atoms with van der Waals surface area (Å²) in [6.07, 6.45) is 4.35. The first-order valence-corrected chi connectivity index (χ1v) is 7.52. The molecule has 1 aromatic rings. The van der Waals surface area contributed by atoms with Gasteiger partial charge in [-0.15, -0.1) is 10.2 Å². The van der Waals surface area contributed by atoms with Crippen LogP contribution in [0, 0.1) is 17.8 Å². The molecule has 1 aromatic heterocycles. The Morgan fingerprint density at radius 3 is 2.86 bits per heavy atom. The van der Waals surface area contributed by atoms with Gasteiger partial charge in [0.25, 0.3) is 0 Å². The van der Waals surface area contributed by atoms with E-state index >= 15 is 0 Å². The number of hydrogen-bond acceptors (Lipinski definition) is 5. The molecule has 1 aliphatic heterocycles. The maximum Gasteiger partial charge on any atom is 0.246 e. The molecule has 8 heteroatoms. The Hall–Kier alpha value is -1.99. The van der Waals surface area contributed by atoms with Crippen molar-refractivity contribution >= 4 is 11.8 Å². The topological polar surface area (TPSA) is 113 Å². The lowest BCUT2D eigenvalue weighted by Gasteiger charge is -2.32. The van der Waals surface area contributed by atoms with E-state index in [1.807, 2.05) is 0 Å². The average molecular weight is 288 g/mol. The normalized spacial score (nSPS) is 41.1. The summed E-state index contributed by atoms with van der Waals surface area (Å²) in [6, 6.07) is 0. The number of hydrogen-bond donors (Lipinski definition) is 3. The smallest absolute Gasteiger partial charge is 0.246 e. The third-order valence-corrected chi connectivity index (χ3v) is 5.87. The van der Waals surface area contributed by atoms with Crippen LogP contribution < -0.4 is 10.6 Å². The molecule has 0 radical (unpaired) electrons. The molecular weight excluding hydrogens is 272 g/mol. The van der Waals surface area contributed by atoms with Gasteiger partial charge < -0.3 is 10.6 Å². The van der Waals surface area contributed by atoms with Crippen LogP contribution in [0.4, 0.5) is 0 Å². The summed E-state index contributed by atoms with van der Waals surface area (Å²) in [4.78, 5) is 25.0. The third-order valence-electron chi connectivity index (χ3n) is 5.87. The van der Waals surface area contributed by atoms with Crippen LogP contribution in [0.15, 0.2) is 0 Å². The molecule has 3 aliphatic carbocycles. The van der Waals surface area contributed by atoms with Gasteiger partial charge in [0.1, 0.15) is 11.1 Å². The molecule has 3 N–H and O–H groups in total. The second kappa shape index (κ2) is 3.42. The molecular formula is C13H16N6O2. The largest absolute Gasteiger partial charge is 0.341 e. The SMILES string of the molecule is O=C1NC2(C(=O)NC3(c4nn[nH]n4)CC3)CC3CC1C2C3. The van der Waals surface area contributed by atoms with Crippen LogP contribution in [-0.2, 0) is 15.1 Å². The van der Waals surface area contributed by atoms with E-state index in [0.29, 0.717) is 11.7 Å². The van der Waals surface area contributed by atoms with Crippen molar-refractivity contribution in [2.24, 2.45) is 17.8 Å². The second-order valence-corrected chi connectivity index (χ2v) is 6.99. The first kappa shape index (κ1) is 11.6. The number of carbonyl (C=O) groups excluding carboxylic acids is 2. The summed E-state index contributed by atoms with van der Waals surface area (Å²) in [6.45, 7) is 0. The summed E-state index contributed by atoms with van der Waals surface area (Å²) in [5.74, 6) is 1.24. The Labute approximate surface area is 120 Å². The van der Waals surface area contributed by atoms with Crippen molar-refractivity contribution in [2.45, 2.75) is 43.2 Å². The zero-order valence-corrected chi connectivity index (χ0v) is 11.4. The highest BCUT2D eigenvalue weighted by atomic mass is 16.2. The highest BCUT2D eigenvalue weighted by Gasteiger charge is 2.67. The van der Waals surface area contributed by atoms with Crippen molar-refractivity contribution < 1.29 is 9.59 Å². The Bertz CT molecular complexity index is 639. The average Bonchev–Trinajstić information content (AvgIpc) is 2.90. The zero-order chi connectivity index (χ0) is 14.2. The van der Waals surface area contributed by atoms with Gasteiger partial charge in [-0.2, -0.15) is 5.21 Å². The molecule has 0 aromatic carbocycles. The molecule has 2 amide bonds. The third kappa shape index (κ3) is 1.33. The Morgan fingerprint density at radius 2 is 2.19 bits per heavy atom. The van der Waals surface area contributed by atoms with E-state index in [4.69, 9.17) is 0 Å². The molecule has 3 saturated carbocycles. The van der Waals surface area contributed by atoms with Crippen molar-refractivity contribution in [2.75, 3.05) is 0 Å². The van der Waals surface area contributed by atoms with Gasteiger partial charge in [-0.25, -0.2) is 0 Å². The number of rotatable bonds is 3. The van der Waals surface area contributed by atoms with Gasteiger partial charge in [-0.3, -0.25) is 9.59 Å². The molecule has 4 aliphatic rings. The molecule has 4 atom stereocenters. The van der Waals surface area contributed by atoms with E-state index < -0.39 is 11.1 Å². The van der Waals surface area contributed by atoms with Crippen molar-refractivity contribution in [3.05, 3.63) is 5.82 Å². The van der Waals surface area contributed by atoms with Gasteiger partial charge in [0.05, 0.1) is 0 Å². The van der Waals surface area contributed by atoms with E-state index in [-0.39, 0.29) is 23.7 Å². The molecule has 110 valence electrons. The summed E-state index contributed by atoms with van der Waals surface area (Å²) in [5, 5.41) is 20.1. The van der Waals surface area contributed by atoms with E-state index in [2.05, 4.69) is 31.3 Å². The summed E-state index contributed by atoms with van der Waals surface area (Å²) < 4.78 is 0. The lowest BCUT2D eigenvalue weighted by Crippen LogP contribution is -2.58. The number of H-pyrrole nitrogens is 1. The molecule has 2 bridgehead atoms. The Kier molecular flexibility index (Phi) is 1.90. The van der Waals surface area contributed by atoms with Crippen LogP contribution in [0.25, 0.3) is 0 Å². The summed E-state index contributed by atoms with van der Waals surface area (Å²) in [7, 11) is 0. The Balaban J connectivity index is 1.44. The fourth-order valence-electron chi connectivity index (χ4n) is 4.75. The summed E-state index contributed by atoms with van der Waals surface area (Å²) in [5.41, 5.74) is -1.17. The van der Waals surface area contributed by atoms with E-state index in [1.54, 1.807) is 0 Å². The fourth-order valence-corrected chi connectivity index (χ4v) is 4.75. The van der Waals surface area contributed by atoms with Gasteiger partial charge in [-0.05, 0) is 38.0 Å². The second-order valence-electron chi connectivity index (χ2n) is 6.99. The number of aromatic nitrogens is 4. The standard InChI is InChI=1S/C13H16N6O2/c20-9-7-3-6-4-8(7)13(5-6,14-9)11(21)15-12(1-2-12)10-16-18-19-17-10/h6-8H,1-5H2,(H,14,20)(H,15,21)(H,16,17,18,19). The summed E-state index contributed by atoms with van der Waals surface area (Å²) >= 11 is 0. The number of carbonyl (C=O) groups is 2. The van der Waals surface area contributed by atoms with Crippen molar-refractivity contribution in [1.29, 1.82) is 0 Å². The monoisotopic (exact) mass is 288 g/mol. The van der Waals surface area contributed by atoms with Crippen LogP contribution in [0.5, 0.6) is 0 Å². The first-order valence-electron chi connectivity index (χ1n) is 7.52. The van der Waals surface area contributed by atoms with E-state index in [1.165, 1.54) is 0 Å². The predicted molar refractivity (Wildman–Crippen MR) is 68.4 cm³/mol. The number of nitrogens with one attached hydrogen (secondary N) is 3. The molecule has 21 heavy (non-hydrogen) atoms. The lowest BCUT2D eigenvalue weighted by molar-refractivity contribution is -0.131. The van der Waals surface area contributed by atoms with Gasteiger partial charge in [-0.1, -0.05) is 5.21 Å². The number of fused-ring (bicyclic) bond motifs is 1. The molecule has 5 rings (SSSR count). The maximum atomic E-state index is 12.9. The molecule has 1 saturated heterocycles. The molecule has 4 fully saturated rings. The fraction of sp³-hybridized carbons (Fsp3) is 0.769. The zero-order valence-electron chi connectivity index (χ0n) is 11.4. The highest BCUT2D eigenvalue weighted by Crippen LogP contribution is 2.58. The van der Waals surface area contributed by atoms with E-state index in [0.717, 1.165) is 32.1 Å². The van der Waals surface area contributed by atoms with Gasteiger partial charge in [0.15, 0.2) is 5.82 Å². The van der Waals surface area contributed by atoms with Crippen molar-refractivity contribution in [3.8, 4) is 0 Å². The minimum atomic E-state index is -0.690. The predicted octanol–water partition coefficient (Wildman–Crippen LogP) is -0.780. The van der Waals surface area contributed by atoms with Gasteiger partial charge in [0, 0.05) is 11.8 Å². The minimum absolute atomic E-state index is 0.0369. The molecule has 4 unspecified atom stereocenters. The number of amides is 2. The first-order chi connectivity index (χ1) is 10.1. The molecule has 0 spiro atoms.